The van der Waals surface area contributed by atoms with Crippen LogP contribution in [-0.2, 0) is 4.79 Å². The fourth-order valence-electron chi connectivity index (χ4n) is 1.53. The van der Waals surface area contributed by atoms with E-state index in [4.69, 9.17) is 0 Å². The highest BCUT2D eigenvalue weighted by molar-refractivity contribution is 5.77. The molecule has 0 aromatic heterocycles. The van der Waals surface area contributed by atoms with Gasteiger partial charge in [-0.1, -0.05) is 65.8 Å². The molecule has 0 saturated carbocycles. The van der Waals surface area contributed by atoms with Gasteiger partial charge in [0.2, 0.25) is 0 Å². The smallest absolute Gasteiger partial charge is 0.132 e. The van der Waals surface area contributed by atoms with Crippen LogP contribution in [-0.4, -0.2) is 5.78 Å². The Hall–Kier alpha value is -1.11. The zero-order chi connectivity index (χ0) is 14.1. The first-order valence-corrected chi connectivity index (χ1v) is 7.03. The van der Waals surface area contributed by atoms with Gasteiger partial charge in [-0.2, -0.15) is 0 Å². The van der Waals surface area contributed by atoms with Gasteiger partial charge in [0, 0.05) is 12.8 Å². The summed E-state index contributed by atoms with van der Waals surface area (Å²) in [6, 6.07) is 8.88. The number of hydrogen-bond acceptors (Lipinski definition) is 1. The third kappa shape index (κ3) is 6.58. The van der Waals surface area contributed by atoms with Crippen LogP contribution in [0.25, 0.3) is 0 Å². The van der Waals surface area contributed by atoms with E-state index in [9.17, 15) is 4.79 Å². The summed E-state index contributed by atoms with van der Waals surface area (Å²) in [5.41, 5.74) is 2.89. The summed E-state index contributed by atoms with van der Waals surface area (Å²) >= 11 is 0. The summed E-state index contributed by atoms with van der Waals surface area (Å²) in [5, 5.41) is 0. The van der Waals surface area contributed by atoms with Gasteiger partial charge in [0.25, 0.3) is 0 Å². The molecular weight excluding hydrogens is 220 g/mol. The van der Waals surface area contributed by atoms with Crippen LogP contribution in [0.15, 0.2) is 24.3 Å². The second-order valence-corrected chi connectivity index (χ2v) is 5.23. The van der Waals surface area contributed by atoms with Crippen molar-refractivity contribution in [1.29, 1.82) is 0 Å². The van der Waals surface area contributed by atoms with Gasteiger partial charge in [0.05, 0.1) is 0 Å². The van der Waals surface area contributed by atoms with Crippen molar-refractivity contribution in [2.75, 3.05) is 0 Å². The SMILES string of the molecule is CC(C)c1cccc(C(C)C)c1.CCC(=O)CC. The molecule has 0 spiro atoms. The lowest BCUT2D eigenvalue weighted by Crippen LogP contribution is -1.91. The Morgan fingerprint density at radius 3 is 1.56 bits per heavy atom. The van der Waals surface area contributed by atoms with Crippen molar-refractivity contribution in [1.82, 2.24) is 0 Å². The van der Waals surface area contributed by atoms with Gasteiger partial charge in [0.1, 0.15) is 5.78 Å². The number of Topliss-reactive ketones (excluding diaryl/α,β-unsaturated/α-hetero) is 1. The Balaban J connectivity index is 0.000000411. The minimum absolute atomic E-state index is 0.343. The Labute approximate surface area is 113 Å². The van der Waals surface area contributed by atoms with Crippen LogP contribution >= 0.6 is 0 Å². The molecule has 0 radical (unpaired) electrons. The van der Waals surface area contributed by atoms with Crippen LogP contribution in [0.4, 0.5) is 0 Å². The maximum absolute atomic E-state index is 10.2. The van der Waals surface area contributed by atoms with Crippen LogP contribution < -0.4 is 0 Å². The van der Waals surface area contributed by atoms with Crippen molar-refractivity contribution in [3.8, 4) is 0 Å². The predicted molar refractivity (Wildman–Crippen MR) is 80.2 cm³/mol. The molecule has 0 aliphatic rings. The van der Waals surface area contributed by atoms with Crippen molar-refractivity contribution in [3.63, 3.8) is 0 Å². The maximum atomic E-state index is 10.2. The van der Waals surface area contributed by atoms with E-state index in [2.05, 4.69) is 52.0 Å². The molecule has 1 nitrogen and oxygen atoms in total. The van der Waals surface area contributed by atoms with Gasteiger partial charge >= 0.3 is 0 Å². The van der Waals surface area contributed by atoms with Gasteiger partial charge in [-0.05, 0) is 23.0 Å². The van der Waals surface area contributed by atoms with Crippen LogP contribution in [0.2, 0.25) is 0 Å². The lowest BCUT2D eigenvalue weighted by molar-refractivity contribution is -0.118. The molecule has 0 aliphatic carbocycles. The molecule has 1 aromatic carbocycles. The van der Waals surface area contributed by atoms with Crippen molar-refractivity contribution in [2.24, 2.45) is 0 Å². The van der Waals surface area contributed by atoms with E-state index in [0.29, 0.717) is 30.5 Å². The van der Waals surface area contributed by atoms with Crippen molar-refractivity contribution in [3.05, 3.63) is 35.4 Å². The average molecular weight is 248 g/mol. The lowest BCUT2D eigenvalue weighted by Gasteiger charge is -2.09. The van der Waals surface area contributed by atoms with Gasteiger partial charge in [-0.25, -0.2) is 0 Å². The summed E-state index contributed by atoms with van der Waals surface area (Å²) in [6.07, 6.45) is 1.38. The molecular formula is C17H28O. The summed E-state index contributed by atoms with van der Waals surface area (Å²) in [4.78, 5) is 10.2. The minimum atomic E-state index is 0.343. The fraction of sp³-hybridized carbons (Fsp3) is 0.588. The molecule has 1 heteroatoms. The Bertz CT molecular complexity index is 321. The second kappa shape index (κ2) is 8.91. The fourth-order valence-corrected chi connectivity index (χ4v) is 1.53. The lowest BCUT2D eigenvalue weighted by atomic mass is 9.96. The van der Waals surface area contributed by atoms with Gasteiger partial charge < -0.3 is 0 Å². The maximum Gasteiger partial charge on any atom is 0.132 e. The number of benzene rings is 1. The number of rotatable bonds is 4. The van der Waals surface area contributed by atoms with Gasteiger partial charge in [0.15, 0.2) is 0 Å². The third-order valence-corrected chi connectivity index (χ3v) is 3.03. The van der Waals surface area contributed by atoms with Crippen LogP contribution in [0, 0.1) is 0 Å². The topological polar surface area (TPSA) is 17.1 Å². The predicted octanol–water partition coefficient (Wildman–Crippen LogP) is 5.31. The summed E-state index contributed by atoms with van der Waals surface area (Å²) < 4.78 is 0. The third-order valence-electron chi connectivity index (χ3n) is 3.03. The minimum Gasteiger partial charge on any atom is -0.300 e. The monoisotopic (exact) mass is 248 g/mol. The number of carbonyl (C=O) groups is 1. The molecule has 0 unspecified atom stereocenters. The highest BCUT2D eigenvalue weighted by Crippen LogP contribution is 2.20. The Kier molecular flexibility index (Phi) is 8.36. The highest BCUT2D eigenvalue weighted by Gasteiger charge is 2.02. The molecule has 0 saturated heterocycles. The number of ketones is 1. The second-order valence-electron chi connectivity index (χ2n) is 5.23. The van der Waals surface area contributed by atoms with Crippen LogP contribution in [0.3, 0.4) is 0 Å². The summed E-state index contributed by atoms with van der Waals surface area (Å²) in [7, 11) is 0. The molecule has 0 atom stereocenters. The van der Waals surface area contributed by atoms with E-state index in [1.165, 1.54) is 11.1 Å². The van der Waals surface area contributed by atoms with E-state index in [-0.39, 0.29) is 0 Å². The largest absolute Gasteiger partial charge is 0.300 e. The zero-order valence-corrected chi connectivity index (χ0v) is 12.8. The van der Waals surface area contributed by atoms with E-state index >= 15 is 0 Å². The first-order chi connectivity index (χ1) is 8.42. The van der Waals surface area contributed by atoms with E-state index < -0.39 is 0 Å². The van der Waals surface area contributed by atoms with Crippen LogP contribution in [0.1, 0.15) is 77.3 Å². The standard InChI is InChI=1S/C12H18.C5H10O/c1-9(2)11-6-5-7-12(8-11)10(3)4;1-3-5(6)4-2/h5-10H,1-4H3;3-4H2,1-2H3. The first-order valence-electron chi connectivity index (χ1n) is 7.03. The molecule has 0 heterocycles. The molecule has 1 aromatic rings. The van der Waals surface area contributed by atoms with Gasteiger partial charge in [-0.15, -0.1) is 0 Å². The number of hydrogen-bond donors (Lipinski definition) is 0. The Morgan fingerprint density at radius 2 is 1.33 bits per heavy atom. The summed E-state index contributed by atoms with van der Waals surface area (Å²) in [6.45, 7) is 12.7. The molecule has 18 heavy (non-hydrogen) atoms. The van der Waals surface area contributed by atoms with Gasteiger partial charge in [-0.3, -0.25) is 4.79 Å². The molecule has 0 N–H and O–H groups in total. The Morgan fingerprint density at radius 1 is 0.944 bits per heavy atom. The molecule has 0 fully saturated rings. The van der Waals surface area contributed by atoms with E-state index in [1.807, 2.05) is 13.8 Å². The number of carbonyl (C=O) groups excluding carboxylic acids is 1. The quantitative estimate of drug-likeness (QED) is 0.705. The van der Waals surface area contributed by atoms with Crippen molar-refractivity contribution >= 4 is 5.78 Å². The molecule has 102 valence electrons. The van der Waals surface area contributed by atoms with E-state index in [1.54, 1.807) is 0 Å². The normalized spacial score (nSPS) is 10.2. The van der Waals surface area contributed by atoms with Crippen LogP contribution in [0.5, 0.6) is 0 Å². The van der Waals surface area contributed by atoms with Crippen molar-refractivity contribution in [2.45, 2.75) is 66.2 Å². The summed E-state index contributed by atoms with van der Waals surface area (Å²) in [5.74, 6) is 1.63. The molecule has 1 rings (SSSR count). The van der Waals surface area contributed by atoms with Crippen molar-refractivity contribution < 1.29 is 4.79 Å². The first kappa shape index (κ1) is 16.9. The average Bonchev–Trinajstić information content (AvgIpc) is 2.38. The zero-order valence-electron chi connectivity index (χ0n) is 12.8. The molecule has 0 amide bonds. The molecule has 0 bridgehead atoms. The van der Waals surface area contributed by atoms with E-state index in [0.717, 1.165) is 0 Å². The molecule has 0 aliphatic heterocycles. The highest BCUT2D eigenvalue weighted by atomic mass is 16.1.